The fourth-order valence-electron chi connectivity index (χ4n) is 3.65. The number of hydrogen-bond acceptors (Lipinski definition) is 4. The van der Waals surface area contributed by atoms with Crippen molar-refractivity contribution in [2.24, 2.45) is 11.7 Å². The van der Waals surface area contributed by atoms with Gasteiger partial charge in [-0.05, 0) is 44.7 Å². The smallest absolute Gasteiger partial charge is 0.239 e. The van der Waals surface area contributed by atoms with Crippen LogP contribution in [0.5, 0.6) is 0 Å². The molecular weight excluding hydrogens is 302 g/mol. The molecule has 128 valence electrons. The molecule has 1 amide bonds. The molecular formula is C18H25N5O. The van der Waals surface area contributed by atoms with Crippen LogP contribution in [0.25, 0.3) is 0 Å². The summed E-state index contributed by atoms with van der Waals surface area (Å²) in [6.45, 7) is 6.48. The van der Waals surface area contributed by atoms with Gasteiger partial charge < -0.3 is 5.73 Å². The molecule has 2 heterocycles. The van der Waals surface area contributed by atoms with Gasteiger partial charge in [-0.2, -0.15) is 5.10 Å². The molecule has 2 atom stereocenters. The summed E-state index contributed by atoms with van der Waals surface area (Å²) in [4.78, 5) is 18.7. The second kappa shape index (κ2) is 7.13. The Bertz CT molecular complexity index is 697. The number of primary amides is 1. The number of nitrogens with zero attached hydrogens (tertiary/aromatic N) is 4. The van der Waals surface area contributed by atoms with Crippen LogP contribution in [0.1, 0.15) is 36.1 Å². The van der Waals surface area contributed by atoms with Crippen LogP contribution < -0.4 is 5.73 Å². The molecule has 0 aliphatic carbocycles. The quantitative estimate of drug-likeness (QED) is 0.909. The first-order chi connectivity index (χ1) is 11.5. The van der Waals surface area contributed by atoms with Gasteiger partial charge in [0.2, 0.25) is 5.91 Å². The SMILES string of the molecule is Cc1nc(C)n(C[C@H]2CCCN([C@@H](C(N)=O)c3ccccc3)C2)n1. The Hall–Kier alpha value is -2.21. The van der Waals surface area contributed by atoms with Gasteiger partial charge in [0, 0.05) is 13.1 Å². The van der Waals surface area contributed by atoms with Gasteiger partial charge in [-0.1, -0.05) is 30.3 Å². The summed E-state index contributed by atoms with van der Waals surface area (Å²) in [6, 6.07) is 9.46. The lowest BCUT2D eigenvalue weighted by Gasteiger charge is -2.37. The number of piperidine rings is 1. The zero-order chi connectivity index (χ0) is 17.1. The molecule has 1 aromatic heterocycles. The summed E-state index contributed by atoms with van der Waals surface area (Å²) in [6.07, 6.45) is 2.20. The van der Waals surface area contributed by atoms with Crippen LogP contribution in [-0.2, 0) is 11.3 Å². The minimum absolute atomic E-state index is 0.283. The molecule has 0 unspecified atom stereocenters. The van der Waals surface area contributed by atoms with E-state index in [-0.39, 0.29) is 11.9 Å². The van der Waals surface area contributed by atoms with Crippen molar-refractivity contribution >= 4 is 5.91 Å². The van der Waals surface area contributed by atoms with Gasteiger partial charge in [0.15, 0.2) is 0 Å². The van der Waals surface area contributed by atoms with Crippen molar-refractivity contribution < 1.29 is 4.79 Å². The lowest BCUT2D eigenvalue weighted by molar-refractivity contribution is -0.124. The largest absolute Gasteiger partial charge is 0.368 e. The molecule has 6 heteroatoms. The van der Waals surface area contributed by atoms with Crippen molar-refractivity contribution in [3.05, 3.63) is 47.5 Å². The summed E-state index contributed by atoms with van der Waals surface area (Å²) in [7, 11) is 0. The number of aromatic nitrogens is 3. The van der Waals surface area contributed by atoms with Crippen LogP contribution in [0.2, 0.25) is 0 Å². The molecule has 0 saturated carbocycles. The summed E-state index contributed by atoms with van der Waals surface area (Å²) in [5, 5.41) is 4.46. The Morgan fingerprint density at radius 2 is 2.08 bits per heavy atom. The highest BCUT2D eigenvalue weighted by atomic mass is 16.1. The lowest BCUT2D eigenvalue weighted by Crippen LogP contribution is -2.44. The van der Waals surface area contributed by atoms with E-state index < -0.39 is 0 Å². The molecule has 0 spiro atoms. The fourth-order valence-corrected chi connectivity index (χ4v) is 3.65. The minimum Gasteiger partial charge on any atom is -0.368 e. The third-order valence-electron chi connectivity index (χ3n) is 4.69. The van der Waals surface area contributed by atoms with Crippen LogP contribution in [0.3, 0.4) is 0 Å². The number of likely N-dealkylation sites (tertiary alicyclic amines) is 1. The third-order valence-corrected chi connectivity index (χ3v) is 4.69. The Morgan fingerprint density at radius 1 is 1.33 bits per heavy atom. The van der Waals surface area contributed by atoms with Crippen molar-refractivity contribution in [2.45, 2.75) is 39.3 Å². The predicted molar refractivity (Wildman–Crippen MR) is 92.2 cm³/mol. The molecule has 1 fully saturated rings. The van der Waals surface area contributed by atoms with Gasteiger partial charge in [-0.25, -0.2) is 9.67 Å². The van der Waals surface area contributed by atoms with E-state index in [0.29, 0.717) is 5.92 Å². The second-order valence-electron chi connectivity index (χ2n) is 6.61. The maximum absolute atomic E-state index is 12.1. The maximum atomic E-state index is 12.1. The standard InChI is InChI=1S/C18H25N5O/c1-13-20-14(2)23(21-13)12-15-7-6-10-22(11-15)17(18(19)24)16-8-4-3-5-9-16/h3-5,8-9,15,17H,6-7,10-12H2,1-2H3,(H2,19,24)/t15-,17+/m0/s1. The van der Waals surface area contributed by atoms with Crippen molar-refractivity contribution in [3.63, 3.8) is 0 Å². The van der Waals surface area contributed by atoms with Crippen LogP contribution in [0, 0.1) is 19.8 Å². The molecule has 24 heavy (non-hydrogen) atoms. The van der Waals surface area contributed by atoms with Gasteiger partial charge in [0.05, 0.1) is 0 Å². The van der Waals surface area contributed by atoms with Crippen LogP contribution >= 0.6 is 0 Å². The monoisotopic (exact) mass is 327 g/mol. The topological polar surface area (TPSA) is 77.0 Å². The van der Waals surface area contributed by atoms with Crippen molar-refractivity contribution in [2.75, 3.05) is 13.1 Å². The number of carbonyl (C=O) groups excluding carboxylic acids is 1. The van der Waals surface area contributed by atoms with E-state index in [9.17, 15) is 4.79 Å². The van der Waals surface area contributed by atoms with E-state index >= 15 is 0 Å². The lowest BCUT2D eigenvalue weighted by atomic mass is 9.94. The van der Waals surface area contributed by atoms with Crippen molar-refractivity contribution in [1.29, 1.82) is 0 Å². The maximum Gasteiger partial charge on any atom is 0.239 e. The zero-order valence-electron chi connectivity index (χ0n) is 14.4. The van der Waals surface area contributed by atoms with Gasteiger partial charge >= 0.3 is 0 Å². The van der Waals surface area contributed by atoms with Crippen molar-refractivity contribution in [1.82, 2.24) is 19.7 Å². The first-order valence-electron chi connectivity index (χ1n) is 8.51. The number of carbonyl (C=O) groups is 1. The highest BCUT2D eigenvalue weighted by Crippen LogP contribution is 2.27. The van der Waals surface area contributed by atoms with E-state index in [2.05, 4.69) is 15.0 Å². The van der Waals surface area contributed by atoms with Crippen LogP contribution in [-0.4, -0.2) is 38.7 Å². The number of aryl methyl sites for hydroxylation is 2. The van der Waals surface area contributed by atoms with E-state index in [0.717, 1.165) is 49.7 Å². The third kappa shape index (κ3) is 3.64. The average Bonchev–Trinajstić information content (AvgIpc) is 2.86. The number of nitrogens with two attached hydrogens (primary N) is 1. The second-order valence-corrected chi connectivity index (χ2v) is 6.61. The fraction of sp³-hybridized carbons (Fsp3) is 0.500. The molecule has 2 N–H and O–H groups in total. The normalized spacial score (nSPS) is 20.0. The predicted octanol–water partition coefficient (Wildman–Crippen LogP) is 1.83. The molecule has 1 aliphatic rings. The molecule has 1 aromatic carbocycles. The number of rotatable bonds is 5. The Morgan fingerprint density at radius 3 is 2.71 bits per heavy atom. The van der Waals surface area contributed by atoms with E-state index in [1.54, 1.807) is 0 Å². The summed E-state index contributed by atoms with van der Waals surface area (Å²) >= 11 is 0. The first kappa shape index (κ1) is 16.6. The molecule has 6 nitrogen and oxygen atoms in total. The van der Waals surface area contributed by atoms with Crippen LogP contribution in [0.4, 0.5) is 0 Å². The number of hydrogen-bond donors (Lipinski definition) is 1. The first-order valence-corrected chi connectivity index (χ1v) is 8.51. The number of benzene rings is 1. The van der Waals surface area contributed by atoms with Gasteiger partial charge in [-0.3, -0.25) is 9.69 Å². The summed E-state index contributed by atoms with van der Waals surface area (Å²) in [5.41, 5.74) is 6.69. The summed E-state index contributed by atoms with van der Waals surface area (Å²) in [5.74, 6) is 1.91. The van der Waals surface area contributed by atoms with E-state index in [1.165, 1.54) is 0 Å². The van der Waals surface area contributed by atoms with Gasteiger partial charge in [0.25, 0.3) is 0 Å². The van der Waals surface area contributed by atoms with E-state index in [1.807, 2.05) is 48.9 Å². The molecule has 1 saturated heterocycles. The van der Waals surface area contributed by atoms with Gasteiger partial charge in [-0.15, -0.1) is 0 Å². The number of amides is 1. The minimum atomic E-state index is -0.354. The molecule has 2 aromatic rings. The highest BCUT2D eigenvalue weighted by molar-refractivity contribution is 5.81. The van der Waals surface area contributed by atoms with Crippen molar-refractivity contribution in [3.8, 4) is 0 Å². The molecule has 0 radical (unpaired) electrons. The Kier molecular flexibility index (Phi) is 4.94. The van der Waals surface area contributed by atoms with E-state index in [4.69, 9.17) is 5.73 Å². The van der Waals surface area contributed by atoms with Crippen LogP contribution in [0.15, 0.2) is 30.3 Å². The van der Waals surface area contributed by atoms with Gasteiger partial charge in [0.1, 0.15) is 17.7 Å². The molecule has 0 bridgehead atoms. The Balaban J connectivity index is 1.74. The summed E-state index contributed by atoms with van der Waals surface area (Å²) < 4.78 is 1.98. The average molecular weight is 327 g/mol. The molecule has 1 aliphatic heterocycles. The highest BCUT2D eigenvalue weighted by Gasteiger charge is 2.30. The zero-order valence-corrected chi connectivity index (χ0v) is 14.4. The molecule has 3 rings (SSSR count). The Labute approximate surface area is 142 Å².